The van der Waals surface area contributed by atoms with Gasteiger partial charge in [-0.05, 0) is 42.5 Å². The minimum absolute atomic E-state index is 0.000237. The zero-order valence-electron chi connectivity index (χ0n) is 16.7. The lowest BCUT2D eigenvalue weighted by molar-refractivity contribution is -0.825. The van der Waals surface area contributed by atoms with Crippen molar-refractivity contribution in [2.24, 2.45) is 5.84 Å². The zero-order chi connectivity index (χ0) is 21.5. The molecule has 0 aliphatic heterocycles. The molecule has 1 fully saturated rings. The minimum atomic E-state index is -0.339. The summed E-state index contributed by atoms with van der Waals surface area (Å²) in [7, 11) is 0. The first-order valence-electron chi connectivity index (χ1n) is 9.94. The van der Waals surface area contributed by atoms with Crippen molar-refractivity contribution in [2.75, 3.05) is 18.5 Å². The van der Waals surface area contributed by atoms with Crippen LogP contribution in [-0.2, 0) is 0 Å². The Morgan fingerprint density at radius 1 is 1.23 bits per heavy atom. The van der Waals surface area contributed by atoms with Gasteiger partial charge in [0.1, 0.15) is 0 Å². The molecule has 9 heteroatoms. The lowest BCUT2D eigenvalue weighted by atomic mass is 9.97. The molecule has 0 spiro atoms. The van der Waals surface area contributed by atoms with Gasteiger partial charge in [-0.3, -0.25) is 15.2 Å². The number of rotatable bonds is 7. The number of hydrazine groups is 1. The summed E-state index contributed by atoms with van der Waals surface area (Å²) in [5.74, 6) is 6.00. The molecule has 2 aromatic carbocycles. The van der Waals surface area contributed by atoms with Gasteiger partial charge in [-0.2, -0.15) is 5.48 Å². The summed E-state index contributed by atoms with van der Waals surface area (Å²) >= 11 is 1.01. The van der Waals surface area contributed by atoms with E-state index in [0.29, 0.717) is 27.8 Å². The van der Waals surface area contributed by atoms with Crippen LogP contribution in [0.2, 0.25) is 0 Å². The number of hydrogen-bond acceptors (Lipinski definition) is 6. The van der Waals surface area contributed by atoms with Gasteiger partial charge in [0.25, 0.3) is 5.91 Å². The first-order chi connectivity index (χ1) is 14.5. The van der Waals surface area contributed by atoms with Crippen molar-refractivity contribution in [3.05, 3.63) is 53.6 Å². The highest BCUT2D eigenvalue weighted by molar-refractivity contribution is 8.13. The molecule has 1 aliphatic carbocycles. The van der Waals surface area contributed by atoms with Crippen LogP contribution in [0.3, 0.4) is 0 Å². The fourth-order valence-electron chi connectivity index (χ4n) is 3.56. The maximum Gasteiger partial charge on any atom is 0.257 e. The summed E-state index contributed by atoms with van der Waals surface area (Å²) in [5, 5.41) is 30.4. The highest BCUT2D eigenvalue weighted by atomic mass is 32.2. The van der Waals surface area contributed by atoms with Crippen LogP contribution in [-0.4, -0.2) is 39.5 Å². The Labute approximate surface area is 179 Å². The van der Waals surface area contributed by atoms with Gasteiger partial charge in [-0.15, -0.1) is 0 Å². The van der Waals surface area contributed by atoms with E-state index in [9.17, 15) is 10.0 Å². The highest BCUT2D eigenvalue weighted by Crippen LogP contribution is 2.34. The fraction of sp³-hybridized carbons (Fsp3) is 0.333. The number of anilines is 1. The number of carbonyl (C=O) groups is 1. The van der Waals surface area contributed by atoms with Crippen LogP contribution >= 0.6 is 11.8 Å². The summed E-state index contributed by atoms with van der Waals surface area (Å²) in [4.78, 5) is 13.5. The minimum Gasteiger partial charge on any atom is -0.394 e. The van der Waals surface area contributed by atoms with Gasteiger partial charge in [0.2, 0.25) is 0 Å². The van der Waals surface area contributed by atoms with E-state index in [-0.39, 0.29) is 24.2 Å². The van der Waals surface area contributed by atoms with E-state index in [0.717, 1.165) is 22.3 Å². The lowest BCUT2D eigenvalue weighted by Gasteiger charge is -2.18. The highest BCUT2D eigenvalue weighted by Gasteiger charge is 2.19. The predicted octanol–water partition coefficient (Wildman–Crippen LogP) is 2.38. The molecule has 8 nitrogen and oxygen atoms in total. The van der Waals surface area contributed by atoms with Crippen LogP contribution in [0, 0.1) is 5.41 Å². The number of amidine groups is 1. The van der Waals surface area contributed by atoms with Gasteiger partial charge in [0.05, 0.1) is 18.7 Å². The van der Waals surface area contributed by atoms with Crippen LogP contribution in [0.25, 0.3) is 0 Å². The Morgan fingerprint density at radius 3 is 2.57 bits per heavy atom. The second-order valence-corrected chi connectivity index (χ2v) is 8.30. The smallest absolute Gasteiger partial charge is 0.257 e. The number of nitrogens with two attached hydrogens (primary N) is 2. The van der Waals surface area contributed by atoms with E-state index in [1.165, 1.54) is 31.2 Å². The number of aliphatic hydroxyl groups excluding tert-OH is 1. The standard InChI is InChI=1S/C21H27N5O3S/c22-21(26(23)11-12-27)30-19-10-9-17(25-29)13-18(19)20(28)24-16-7-5-15(6-8-16)14-3-1-2-4-14/h5-10,13-14,22,25,27,29H,1-4,11-12,23H2,(H,24,28)/p+1. The van der Waals surface area contributed by atoms with E-state index in [1.54, 1.807) is 18.2 Å². The average molecular weight is 431 g/mol. The molecule has 0 radical (unpaired) electrons. The third-order valence-electron chi connectivity index (χ3n) is 5.20. The summed E-state index contributed by atoms with van der Waals surface area (Å²) in [5.41, 5.74) is 3.72. The van der Waals surface area contributed by atoms with E-state index in [4.69, 9.17) is 16.4 Å². The van der Waals surface area contributed by atoms with Crippen molar-refractivity contribution < 1.29 is 20.6 Å². The number of amides is 1. The molecule has 0 heterocycles. The van der Waals surface area contributed by atoms with Crippen LogP contribution in [0.5, 0.6) is 0 Å². The topological polar surface area (TPSA) is 139 Å². The third kappa shape index (κ3) is 5.59. The molecule has 0 bridgehead atoms. The first kappa shape index (κ1) is 22.3. The quantitative estimate of drug-likeness (QED) is 0.0995. The Kier molecular flexibility index (Phi) is 7.83. The predicted molar refractivity (Wildman–Crippen MR) is 117 cm³/mol. The first-order valence-corrected chi connectivity index (χ1v) is 10.8. The van der Waals surface area contributed by atoms with Crippen LogP contribution in [0.1, 0.15) is 47.5 Å². The molecule has 1 amide bonds. The van der Waals surface area contributed by atoms with Gasteiger partial charge in [0.15, 0.2) is 10.9 Å². The number of nitrogens with zero attached hydrogens (tertiary/aromatic N) is 1. The molecule has 1 saturated carbocycles. The van der Waals surface area contributed by atoms with Crippen molar-refractivity contribution in [3.8, 4) is 0 Å². The van der Waals surface area contributed by atoms with Crippen LogP contribution in [0.15, 0.2) is 47.4 Å². The molecule has 0 atom stereocenters. The molecule has 0 saturated heterocycles. The van der Waals surface area contributed by atoms with Gasteiger partial charge in [-0.1, -0.05) is 36.7 Å². The van der Waals surface area contributed by atoms with Gasteiger partial charge >= 0.3 is 0 Å². The van der Waals surface area contributed by atoms with E-state index in [1.807, 2.05) is 12.1 Å². The van der Waals surface area contributed by atoms with Crippen LogP contribution in [0.4, 0.5) is 11.4 Å². The van der Waals surface area contributed by atoms with E-state index < -0.39 is 0 Å². The zero-order valence-corrected chi connectivity index (χ0v) is 17.5. The molecule has 3 rings (SSSR count). The van der Waals surface area contributed by atoms with Crippen molar-refractivity contribution in [1.82, 2.24) is 5.01 Å². The van der Waals surface area contributed by atoms with Gasteiger partial charge < -0.3 is 10.4 Å². The summed E-state index contributed by atoms with van der Waals surface area (Å²) in [6.45, 7) is -0.0642. The monoisotopic (exact) mass is 430 g/mol. The third-order valence-corrected chi connectivity index (χ3v) is 6.20. The number of thioether (sulfide) groups is 1. The lowest BCUT2D eigenvalue weighted by Crippen LogP contribution is -2.73. The number of hydrogen-bond donors (Lipinski definition) is 6. The van der Waals surface area contributed by atoms with Crippen molar-refractivity contribution in [1.29, 1.82) is 5.41 Å². The van der Waals surface area contributed by atoms with Crippen LogP contribution < -0.4 is 16.6 Å². The average Bonchev–Trinajstić information content (AvgIpc) is 3.29. The van der Waals surface area contributed by atoms with Crippen molar-refractivity contribution >= 4 is 34.2 Å². The Hall–Kier alpha value is -2.43. The fourth-order valence-corrected chi connectivity index (χ4v) is 4.38. The van der Waals surface area contributed by atoms with Gasteiger partial charge in [-0.25, -0.2) is 11.0 Å². The van der Waals surface area contributed by atoms with Crippen molar-refractivity contribution in [2.45, 2.75) is 36.5 Å². The van der Waals surface area contributed by atoms with Gasteiger partial charge in [0, 0.05) is 22.7 Å². The molecule has 8 N–H and O–H groups in total. The molecule has 0 unspecified atom stereocenters. The molecule has 1 aliphatic rings. The molecule has 0 aromatic heterocycles. The molecule has 2 aromatic rings. The normalized spacial score (nSPS) is 14.0. The number of quaternary nitrogens is 1. The second-order valence-electron chi connectivity index (χ2n) is 7.27. The number of nitrogens with one attached hydrogen (secondary N) is 2. The number of aliphatic hydroxyl groups is 1. The van der Waals surface area contributed by atoms with E-state index in [2.05, 4.69) is 17.4 Å². The Bertz CT molecular complexity index is 885. The number of benzene rings is 2. The Morgan fingerprint density at radius 2 is 1.93 bits per heavy atom. The second kappa shape index (κ2) is 10.6. The number of carbonyl (C=O) groups excluding carboxylic acids is 1. The molecule has 160 valence electrons. The maximum absolute atomic E-state index is 12.9. The maximum atomic E-state index is 12.9. The summed E-state index contributed by atoms with van der Waals surface area (Å²) in [6.07, 6.45) is 4.99. The Balaban J connectivity index is 1.75. The molecular weight excluding hydrogens is 402 g/mol. The summed E-state index contributed by atoms with van der Waals surface area (Å²) in [6, 6.07) is 12.8. The molecular formula is C21H28N5O3S+. The van der Waals surface area contributed by atoms with E-state index >= 15 is 0 Å². The van der Waals surface area contributed by atoms with Crippen molar-refractivity contribution in [3.63, 3.8) is 0 Å². The molecule has 30 heavy (non-hydrogen) atoms. The largest absolute Gasteiger partial charge is 0.394 e. The summed E-state index contributed by atoms with van der Waals surface area (Å²) < 4.78 is 0. The SMILES string of the molecule is N=C(Sc1ccc([NH2+]O)cc1C(=O)Nc1ccc(C2CCCC2)cc1)N(N)CCO.